The summed E-state index contributed by atoms with van der Waals surface area (Å²) < 4.78 is 39.4. The van der Waals surface area contributed by atoms with Crippen LogP contribution in [0.5, 0.6) is 11.8 Å². The first-order valence-corrected chi connectivity index (χ1v) is 13.9. The fourth-order valence-corrected chi connectivity index (χ4v) is 6.42. The van der Waals surface area contributed by atoms with E-state index in [2.05, 4.69) is 21.1 Å². The Bertz CT molecular complexity index is 1870. The molecule has 2 aromatic carbocycles. The van der Waals surface area contributed by atoms with Crippen molar-refractivity contribution < 1.29 is 17.0 Å². The summed E-state index contributed by atoms with van der Waals surface area (Å²) in [4.78, 5) is 27.5. The van der Waals surface area contributed by atoms with Crippen LogP contribution in [0.1, 0.15) is 34.0 Å². The van der Waals surface area contributed by atoms with E-state index in [4.69, 9.17) is 18.9 Å². The Balaban J connectivity index is 1.44. The number of fused-ring (bicyclic) bond motifs is 5. The second-order valence-corrected chi connectivity index (χ2v) is 11.1. The van der Waals surface area contributed by atoms with Crippen LogP contribution in [-0.4, -0.2) is 75.9 Å². The molecule has 2 N–H and O–H groups in total. The predicted molar refractivity (Wildman–Crippen MR) is 156 cm³/mol. The van der Waals surface area contributed by atoms with Gasteiger partial charge in [-0.3, -0.25) is 9.36 Å². The molecule has 4 aliphatic heterocycles. The smallest absolute Gasteiger partial charge is 0.319 e. The summed E-state index contributed by atoms with van der Waals surface area (Å²) in [5.74, 6) is 2.14. The Morgan fingerprint density at radius 2 is 2.15 bits per heavy atom. The van der Waals surface area contributed by atoms with Crippen molar-refractivity contribution in [3.8, 4) is 29.8 Å². The van der Waals surface area contributed by atoms with Gasteiger partial charge in [-0.1, -0.05) is 12.0 Å². The van der Waals surface area contributed by atoms with Crippen LogP contribution in [0.2, 0.25) is 0 Å². The number of anilines is 1. The molecule has 2 unspecified atom stereocenters. The van der Waals surface area contributed by atoms with Crippen LogP contribution < -0.4 is 20.5 Å². The molecule has 4 fully saturated rings. The summed E-state index contributed by atoms with van der Waals surface area (Å²) in [7, 11) is 1.86. The number of nitrogens with zero attached hydrogens (tertiary/aromatic N) is 5. The second kappa shape index (κ2) is 10.0. The average molecular weight is 557 g/mol. The van der Waals surface area contributed by atoms with Gasteiger partial charge in [0, 0.05) is 48.9 Å². The maximum atomic E-state index is 14.8. The van der Waals surface area contributed by atoms with Gasteiger partial charge in [-0.25, -0.2) is 4.39 Å². The van der Waals surface area contributed by atoms with E-state index in [9.17, 15) is 14.3 Å². The number of pyridine rings is 1. The maximum absolute atomic E-state index is 14.8. The number of phenols is 1. The van der Waals surface area contributed by atoms with Gasteiger partial charge in [0.15, 0.2) is 0 Å². The summed E-state index contributed by atoms with van der Waals surface area (Å²) in [5.41, 5.74) is -0.384. The molecular formula is C31H31FN6O3. The minimum absolute atomic E-state index is 0.0163. The maximum Gasteiger partial charge on any atom is 0.319 e. The van der Waals surface area contributed by atoms with Gasteiger partial charge in [0.05, 0.1) is 19.4 Å². The number of phenolic OH excluding ortho intramolecular Hbond substituents is 1. The SMILES string of the molecule is [2H]C([2H])(Oc1nc(N2CC3CCC2CN3)c2ccn(-c3cc(O)cc4ccc(F)c(C#C)c34)c(=O)c2n1)[C@@H]1CCCN1C. The van der Waals surface area contributed by atoms with E-state index in [0.29, 0.717) is 34.9 Å². The molecule has 0 amide bonds. The molecule has 2 aromatic heterocycles. The Kier molecular flexibility index (Phi) is 5.74. The minimum atomic E-state index is -2.10. The van der Waals surface area contributed by atoms with Crippen LogP contribution in [0.4, 0.5) is 10.2 Å². The summed E-state index contributed by atoms with van der Waals surface area (Å²) in [6.45, 7) is 0.101. The van der Waals surface area contributed by atoms with Crippen LogP contribution in [0, 0.1) is 18.2 Å². The number of aromatic hydroxyl groups is 1. The second-order valence-electron chi connectivity index (χ2n) is 11.1. The van der Waals surface area contributed by atoms with E-state index < -0.39 is 24.0 Å². The van der Waals surface area contributed by atoms with E-state index in [1.165, 1.54) is 28.8 Å². The number of ether oxygens (including phenoxy) is 1. The highest BCUT2D eigenvalue weighted by Gasteiger charge is 2.35. The molecule has 0 aliphatic carbocycles. The first-order valence-electron chi connectivity index (χ1n) is 14.9. The van der Waals surface area contributed by atoms with Crippen molar-refractivity contribution in [2.75, 3.05) is 38.1 Å². The third kappa shape index (κ3) is 4.36. The van der Waals surface area contributed by atoms with E-state index in [1.54, 1.807) is 12.3 Å². The van der Waals surface area contributed by atoms with Crippen LogP contribution in [-0.2, 0) is 0 Å². The largest absolute Gasteiger partial charge is 0.508 e. The zero-order chi connectivity index (χ0) is 30.0. The fraction of sp³-hybridized carbons (Fsp3) is 0.387. The molecule has 9 nitrogen and oxygen atoms in total. The number of terminal acetylenes is 1. The topological polar surface area (TPSA) is 95.8 Å². The van der Waals surface area contributed by atoms with Crippen LogP contribution >= 0.6 is 0 Å². The number of likely N-dealkylation sites (N-methyl/N-ethyl adjacent to an activating group) is 1. The number of nitrogens with one attached hydrogen (secondary N) is 1. The molecule has 10 heteroatoms. The van der Waals surface area contributed by atoms with Crippen LogP contribution in [0.3, 0.4) is 0 Å². The van der Waals surface area contributed by atoms with Gasteiger partial charge in [-0.05, 0) is 62.9 Å². The molecule has 0 saturated carbocycles. The molecule has 2 bridgehead atoms. The Morgan fingerprint density at radius 3 is 2.85 bits per heavy atom. The van der Waals surface area contributed by atoms with E-state index >= 15 is 0 Å². The zero-order valence-electron chi connectivity index (χ0n) is 24.6. The molecule has 4 saturated heterocycles. The van der Waals surface area contributed by atoms with Gasteiger partial charge in [0.25, 0.3) is 5.56 Å². The Labute approximate surface area is 239 Å². The van der Waals surface area contributed by atoms with Crippen molar-refractivity contribution in [3.63, 3.8) is 0 Å². The highest BCUT2D eigenvalue weighted by molar-refractivity contribution is 5.97. The normalized spacial score (nSPS) is 23.5. The van der Waals surface area contributed by atoms with Gasteiger partial charge >= 0.3 is 6.01 Å². The van der Waals surface area contributed by atoms with Crippen molar-refractivity contribution in [2.45, 2.75) is 43.8 Å². The summed E-state index contributed by atoms with van der Waals surface area (Å²) in [6, 6.07) is 6.95. The Morgan fingerprint density at radius 1 is 1.27 bits per heavy atom. The lowest BCUT2D eigenvalue weighted by Gasteiger charge is -2.46. The van der Waals surface area contributed by atoms with Gasteiger partial charge in [0.2, 0.25) is 0 Å². The van der Waals surface area contributed by atoms with Gasteiger partial charge < -0.3 is 25.0 Å². The van der Waals surface area contributed by atoms with Gasteiger partial charge in [0.1, 0.15) is 29.5 Å². The monoisotopic (exact) mass is 556 g/mol. The number of hydrogen-bond donors (Lipinski definition) is 2. The van der Waals surface area contributed by atoms with E-state index in [1.807, 2.05) is 11.9 Å². The molecule has 41 heavy (non-hydrogen) atoms. The number of aromatic nitrogens is 3. The zero-order valence-corrected chi connectivity index (χ0v) is 22.6. The molecule has 3 atom stereocenters. The third-order valence-corrected chi connectivity index (χ3v) is 8.58. The average Bonchev–Trinajstić information content (AvgIpc) is 3.44. The third-order valence-electron chi connectivity index (χ3n) is 8.58. The first-order chi connectivity index (χ1) is 20.6. The molecule has 6 heterocycles. The first kappa shape index (κ1) is 23.5. The van der Waals surface area contributed by atoms with Crippen molar-refractivity contribution in [3.05, 3.63) is 58.3 Å². The highest BCUT2D eigenvalue weighted by atomic mass is 19.1. The quantitative estimate of drug-likeness (QED) is 0.362. The molecule has 4 aromatic rings. The lowest BCUT2D eigenvalue weighted by molar-refractivity contribution is 0.188. The molecule has 210 valence electrons. The number of halogens is 1. The number of piperidine rings is 2. The highest BCUT2D eigenvalue weighted by Crippen LogP contribution is 2.34. The Hall–Kier alpha value is -4.20. The number of piperazine rings is 1. The number of hydrogen-bond acceptors (Lipinski definition) is 8. The number of likely N-dealkylation sites (tertiary alicyclic amines) is 1. The number of rotatable bonds is 5. The molecule has 4 aliphatic rings. The fourth-order valence-electron chi connectivity index (χ4n) is 6.42. The lowest BCUT2D eigenvalue weighted by Crippen LogP contribution is -2.61. The van der Waals surface area contributed by atoms with Crippen LogP contribution in [0.25, 0.3) is 27.4 Å². The van der Waals surface area contributed by atoms with Crippen molar-refractivity contribution in [1.29, 1.82) is 0 Å². The van der Waals surface area contributed by atoms with Gasteiger partial charge in [-0.2, -0.15) is 9.97 Å². The van der Waals surface area contributed by atoms with Crippen molar-refractivity contribution in [1.82, 2.24) is 24.8 Å². The van der Waals surface area contributed by atoms with Gasteiger partial charge in [-0.15, -0.1) is 6.42 Å². The minimum Gasteiger partial charge on any atom is -0.508 e. The molecule has 8 rings (SSSR count). The molecule has 0 spiro atoms. The summed E-state index contributed by atoms with van der Waals surface area (Å²) in [5, 5.41) is 15.3. The molecule has 0 radical (unpaired) electrons. The van der Waals surface area contributed by atoms with Crippen molar-refractivity contribution in [2.24, 2.45) is 0 Å². The summed E-state index contributed by atoms with van der Waals surface area (Å²) in [6.07, 6.45) is 10.7. The van der Waals surface area contributed by atoms with Crippen molar-refractivity contribution >= 4 is 27.5 Å². The van der Waals surface area contributed by atoms with E-state index in [-0.39, 0.29) is 40.6 Å². The molecular weight excluding hydrogens is 523 g/mol. The standard InChI is InChI=1S/C31H31FN6O3/c1-3-23-25(32)9-6-18-13-22(39)14-26(27(18)23)37-12-10-24-28(30(37)40)34-31(41-17-21-5-4-11-36(21)2)35-29(24)38-16-19-7-8-20(38)15-33-19/h1,6,9-10,12-14,19-21,33,39H,4-5,7-8,11,15-17H2,2H3/t19?,20?,21-/m0/s1/i17D2. The summed E-state index contributed by atoms with van der Waals surface area (Å²) >= 11 is 0. The lowest BCUT2D eigenvalue weighted by atomic mass is 9.93. The number of benzene rings is 2. The predicted octanol–water partition coefficient (Wildman–Crippen LogP) is 3.17. The van der Waals surface area contributed by atoms with E-state index in [0.717, 1.165) is 32.4 Å². The van der Waals surface area contributed by atoms with Crippen LogP contribution in [0.15, 0.2) is 41.3 Å².